The second-order valence-electron chi connectivity index (χ2n) is 6.07. The van der Waals surface area contributed by atoms with E-state index in [9.17, 15) is 4.79 Å². The van der Waals surface area contributed by atoms with Crippen LogP contribution in [-0.4, -0.2) is 16.6 Å². The van der Waals surface area contributed by atoms with Gasteiger partial charge in [-0.25, -0.2) is 4.98 Å². The number of nitrogens with zero attached hydrogens (tertiary/aromatic N) is 1. The molecule has 23 heavy (non-hydrogen) atoms. The summed E-state index contributed by atoms with van der Waals surface area (Å²) in [5.74, 6) is 0.482. The molecule has 0 saturated heterocycles. The van der Waals surface area contributed by atoms with E-state index in [0.717, 1.165) is 10.0 Å². The molecule has 1 amide bonds. The largest absolute Gasteiger partial charge is 0.349 e. The van der Waals surface area contributed by atoms with Crippen molar-refractivity contribution in [3.8, 4) is 0 Å². The molecule has 0 saturated carbocycles. The summed E-state index contributed by atoms with van der Waals surface area (Å²) < 4.78 is 0.957. The molecular weight excluding hydrogens is 324 g/mol. The number of carbonyl (C=O) groups is 1. The van der Waals surface area contributed by atoms with Crippen molar-refractivity contribution in [1.82, 2.24) is 10.3 Å². The molecule has 0 aliphatic heterocycles. The van der Waals surface area contributed by atoms with Crippen LogP contribution in [0.1, 0.15) is 48.2 Å². The van der Waals surface area contributed by atoms with Crippen LogP contribution in [0.2, 0.25) is 0 Å². The zero-order valence-electron chi connectivity index (χ0n) is 13.6. The highest BCUT2D eigenvalue weighted by Gasteiger charge is 2.14. The molecule has 0 unspecified atom stereocenters. The molecular formula is C18H22N2OS2. The molecule has 122 valence electrons. The van der Waals surface area contributed by atoms with Gasteiger partial charge in [-0.2, -0.15) is 0 Å². The van der Waals surface area contributed by atoms with Crippen molar-refractivity contribution in [2.45, 2.75) is 49.9 Å². The first kappa shape index (κ1) is 16.5. The predicted octanol–water partition coefficient (Wildman–Crippen LogP) is 4.30. The van der Waals surface area contributed by atoms with Crippen LogP contribution in [0.3, 0.4) is 0 Å². The molecule has 2 aromatic rings. The minimum Gasteiger partial charge on any atom is -0.349 e. The third kappa shape index (κ3) is 4.36. The Kier molecular flexibility index (Phi) is 5.38. The van der Waals surface area contributed by atoms with Crippen LogP contribution in [0.5, 0.6) is 0 Å². The quantitative estimate of drug-likeness (QED) is 0.821. The second kappa shape index (κ2) is 7.49. The summed E-state index contributed by atoms with van der Waals surface area (Å²) in [7, 11) is 0. The van der Waals surface area contributed by atoms with Crippen LogP contribution in [0, 0.1) is 6.92 Å². The van der Waals surface area contributed by atoms with E-state index >= 15 is 0 Å². The van der Waals surface area contributed by atoms with Crippen LogP contribution in [0.4, 0.5) is 0 Å². The standard InChI is InChI=1S/C18H22N2OS2/c1-12-10-22-18(19-12)23-11-17(21)20-13(2)15-8-7-14-5-3-4-6-16(14)9-15/h7-10,13H,3-6,11H2,1-2H3,(H,20,21)/t13-/m0/s1. The monoisotopic (exact) mass is 346 g/mol. The SMILES string of the molecule is Cc1csc(SCC(=O)N[C@@H](C)c2ccc3c(c2)CCCC3)n1. The van der Waals surface area contributed by atoms with E-state index in [1.807, 2.05) is 12.3 Å². The van der Waals surface area contributed by atoms with Gasteiger partial charge in [0.05, 0.1) is 11.8 Å². The Balaban J connectivity index is 1.55. The molecule has 3 rings (SSSR count). The van der Waals surface area contributed by atoms with E-state index in [1.165, 1.54) is 54.1 Å². The van der Waals surface area contributed by atoms with E-state index in [2.05, 4.69) is 35.4 Å². The second-order valence-corrected chi connectivity index (χ2v) is 8.15. The van der Waals surface area contributed by atoms with Crippen LogP contribution in [0.15, 0.2) is 27.9 Å². The van der Waals surface area contributed by atoms with E-state index in [4.69, 9.17) is 0 Å². The van der Waals surface area contributed by atoms with E-state index < -0.39 is 0 Å². The number of aryl methyl sites for hydroxylation is 3. The number of amides is 1. The number of hydrogen-bond donors (Lipinski definition) is 1. The number of rotatable bonds is 5. The molecule has 1 aromatic carbocycles. The number of carbonyl (C=O) groups excluding carboxylic acids is 1. The maximum Gasteiger partial charge on any atom is 0.230 e. The lowest BCUT2D eigenvalue weighted by Crippen LogP contribution is -2.28. The molecule has 3 nitrogen and oxygen atoms in total. The van der Waals surface area contributed by atoms with Crippen LogP contribution < -0.4 is 5.32 Å². The molecule has 0 radical (unpaired) electrons. The summed E-state index contributed by atoms with van der Waals surface area (Å²) in [6, 6.07) is 6.72. The summed E-state index contributed by atoms with van der Waals surface area (Å²) in [6.07, 6.45) is 4.94. The van der Waals surface area contributed by atoms with Crippen molar-refractivity contribution < 1.29 is 4.79 Å². The number of aromatic nitrogens is 1. The van der Waals surface area contributed by atoms with Gasteiger partial charge >= 0.3 is 0 Å². The Morgan fingerprint density at radius 3 is 2.87 bits per heavy atom. The Morgan fingerprint density at radius 1 is 1.35 bits per heavy atom. The average Bonchev–Trinajstić information content (AvgIpc) is 2.98. The third-order valence-corrected chi connectivity index (χ3v) is 6.31. The van der Waals surface area contributed by atoms with Gasteiger partial charge in [0.15, 0.2) is 4.34 Å². The highest BCUT2D eigenvalue weighted by Crippen LogP contribution is 2.25. The maximum atomic E-state index is 12.1. The molecule has 0 bridgehead atoms. The van der Waals surface area contributed by atoms with Crippen molar-refractivity contribution in [2.24, 2.45) is 0 Å². The van der Waals surface area contributed by atoms with E-state index in [0.29, 0.717) is 5.75 Å². The topological polar surface area (TPSA) is 42.0 Å². The minimum absolute atomic E-state index is 0.0494. The fraction of sp³-hybridized carbons (Fsp3) is 0.444. The van der Waals surface area contributed by atoms with Crippen LogP contribution in [0.25, 0.3) is 0 Å². The number of hydrogen-bond acceptors (Lipinski definition) is 4. The normalized spacial score (nSPS) is 15.0. The lowest BCUT2D eigenvalue weighted by atomic mass is 9.89. The van der Waals surface area contributed by atoms with Gasteiger partial charge in [0.2, 0.25) is 5.91 Å². The average molecular weight is 347 g/mol. The highest BCUT2D eigenvalue weighted by molar-refractivity contribution is 8.01. The highest BCUT2D eigenvalue weighted by atomic mass is 32.2. The third-order valence-electron chi connectivity index (χ3n) is 4.17. The van der Waals surface area contributed by atoms with Crippen molar-refractivity contribution in [3.05, 3.63) is 46.0 Å². The summed E-state index contributed by atoms with van der Waals surface area (Å²) >= 11 is 3.10. The van der Waals surface area contributed by atoms with Gasteiger partial charge in [-0.15, -0.1) is 11.3 Å². The number of benzene rings is 1. The molecule has 1 aromatic heterocycles. The minimum atomic E-state index is 0.0494. The lowest BCUT2D eigenvalue weighted by molar-refractivity contribution is -0.119. The molecule has 1 aliphatic carbocycles. The van der Waals surface area contributed by atoms with Gasteiger partial charge in [-0.3, -0.25) is 4.79 Å². The zero-order chi connectivity index (χ0) is 16.2. The summed E-state index contributed by atoms with van der Waals surface area (Å²) in [5.41, 5.74) is 5.16. The molecule has 1 N–H and O–H groups in total. The van der Waals surface area contributed by atoms with Crippen LogP contribution >= 0.6 is 23.1 Å². The molecule has 0 fully saturated rings. The fourth-order valence-corrected chi connectivity index (χ4v) is 4.58. The fourth-order valence-electron chi connectivity index (χ4n) is 2.92. The van der Waals surface area contributed by atoms with Gasteiger partial charge < -0.3 is 5.32 Å². The first-order chi connectivity index (χ1) is 11.1. The molecule has 1 atom stereocenters. The van der Waals surface area contributed by atoms with Gasteiger partial charge in [0.1, 0.15) is 0 Å². The Hall–Kier alpha value is -1.33. The van der Waals surface area contributed by atoms with Crippen molar-refractivity contribution >= 4 is 29.0 Å². The van der Waals surface area contributed by atoms with Gasteiger partial charge in [-0.1, -0.05) is 30.0 Å². The van der Waals surface area contributed by atoms with Crippen molar-refractivity contribution in [1.29, 1.82) is 0 Å². The molecule has 1 heterocycles. The van der Waals surface area contributed by atoms with Crippen LogP contribution in [-0.2, 0) is 17.6 Å². The van der Waals surface area contributed by atoms with Gasteiger partial charge in [-0.05, 0) is 56.2 Å². The predicted molar refractivity (Wildman–Crippen MR) is 97.2 cm³/mol. The van der Waals surface area contributed by atoms with Gasteiger partial charge in [0.25, 0.3) is 0 Å². The van der Waals surface area contributed by atoms with Crippen molar-refractivity contribution in [3.63, 3.8) is 0 Å². The van der Waals surface area contributed by atoms with E-state index in [-0.39, 0.29) is 11.9 Å². The smallest absolute Gasteiger partial charge is 0.230 e. The number of thioether (sulfide) groups is 1. The summed E-state index contributed by atoms with van der Waals surface area (Å²) in [4.78, 5) is 16.5. The Morgan fingerprint density at radius 2 is 2.13 bits per heavy atom. The Labute approximate surface area is 145 Å². The summed E-state index contributed by atoms with van der Waals surface area (Å²) in [5, 5.41) is 5.11. The lowest BCUT2D eigenvalue weighted by Gasteiger charge is -2.20. The number of thiazole rings is 1. The molecule has 1 aliphatic rings. The summed E-state index contributed by atoms with van der Waals surface area (Å²) in [6.45, 7) is 4.03. The first-order valence-electron chi connectivity index (χ1n) is 8.08. The molecule has 5 heteroatoms. The van der Waals surface area contributed by atoms with E-state index in [1.54, 1.807) is 11.3 Å². The number of fused-ring (bicyclic) bond motifs is 1. The first-order valence-corrected chi connectivity index (χ1v) is 9.94. The zero-order valence-corrected chi connectivity index (χ0v) is 15.2. The Bertz CT molecular complexity index is 696. The maximum absolute atomic E-state index is 12.1. The molecule has 0 spiro atoms. The van der Waals surface area contributed by atoms with Gasteiger partial charge in [0, 0.05) is 11.1 Å². The number of nitrogens with one attached hydrogen (secondary N) is 1. The van der Waals surface area contributed by atoms with Crippen molar-refractivity contribution in [2.75, 3.05) is 5.75 Å².